The second-order valence-electron chi connectivity index (χ2n) is 7.02. The summed E-state index contributed by atoms with van der Waals surface area (Å²) < 4.78 is 0. The Morgan fingerprint density at radius 3 is 1.75 bits per heavy atom. The fourth-order valence-electron chi connectivity index (χ4n) is 3.94. The molecular weight excluding hydrogens is 344 g/mol. The summed E-state index contributed by atoms with van der Waals surface area (Å²) in [6.07, 6.45) is 0. The van der Waals surface area contributed by atoms with E-state index in [1.54, 1.807) is 0 Å². The first kappa shape index (κ1) is 16.3. The summed E-state index contributed by atoms with van der Waals surface area (Å²) in [4.78, 5) is 0. The van der Waals surface area contributed by atoms with E-state index in [9.17, 15) is 0 Å². The molecule has 136 valence electrons. The lowest BCUT2D eigenvalue weighted by atomic mass is 9.92. The van der Waals surface area contributed by atoms with Gasteiger partial charge in [-0.1, -0.05) is 48.5 Å². The van der Waals surface area contributed by atoms with Crippen LogP contribution in [-0.2, 0) is 0 Å². The van der Waals surface area contributed by atoms with Gasteiger partial charge in [-0.2, -0.15) is 0 Å². The minimum Gasteiger partial charge on any atom is -0.399 e. The van der Waals surface area contributed by atoms with E-state index in [1.807, 2.05) is 30.3 Å². The first-order valence-corrected chi connectivity index (χ1v) is 9.17. The number of nitrogens with one attached hydrogen (secondary N) is 1. The molecule has 0 saturated carbocycles. The van der Waals surface area contributed by atoms with E-state index in [-0.39, 0.29) is 0 Å². The smallest absolute Gasteiger partial charge is 0.0793 e. The monoisotopic (exact) mass is 364 g/mol. The Labute approximate surface area is 162 Å². The number of benzene rings is 5. The number of fused-ring (bicyclic) bond motifs is 6. The molecule has 0 atom stereocenters. The average molecular weight is 364 g/mol. The van der Waals surface area contributed by atoms with Crippen molar-refractivity contribution in [3.8, 4) is 0 Å². The number of nitrogens with two attached hydrogens (primary N) is 3. The highest BCUT2D eigenvalue weighted by molar-refractivity contribution is 6.30. The Kier molecular flexibility index (Phi) is 3.52. The van der Waals surface area contributed by atoms with E-state index in [1.165, 1.54) is 10.8 Å². The molecule has 0 heterocycles. The van der Waals surface area contributed by atoms with Crippen LogP contribution in [0.4, 0.5) is 28.4 Å². The van der Waals surface area contributed by atoms with Crippen molar-refractivity contribution in [1.29, 1.82) is 0 Å². The molecule has 7 N–H and O–H groups in total. The minimum atomic E-state index is 0.546. The molecule has 28 heavy (non-hydrogen) atoms. The molecule has 0 amide bonds. The summed E-state index contributed by atoms with van der Waals surface area (Å²) in [5.74, 6) is 0. The first-order chi connectivity index (χ1) is 13.6. The Hall–Kier alpha value is -3.92. The van der Waals surface area contributed by atoms with Crippen LogP contribution in [0.1, 0.15) is 0 Å². The van der Waals surface area contributed by atoms with Crippen molar-refractivity contribution in [1.82, 2.24) is 0 Å². The lowest BCUT2D eigenvalue weighted by Crippen LogP contribution is -2.02. The summed E-state index contributed by atoms with van der Waals surface area (Å²) in [6.45, 7) is 0. The topological polar surface area (TPSA) is 90.1 Å². The fraction of sp³-hybridized carbons (Fsp3) is 0. The van der Waals surface area contributed by atoms with Gasteiger partial charge in [-0.15, -0.1) is 0 Å². The molecule has 5 aromatic carbocycles. The molecule has 0 radical (unpaired) electrons. The third kappa shape index (κ3) is 2.39. The summed E-state index contributed by atoms with van der Waals surface area (Å²) >= 11 is 0. The Balaban J connectivity index is 1.94. The van der Waals surface area contributed by atoms with Crippen molar-refractivity contribution < 1.29 is 0 Å². The van der Waals surface area contributed by atoms with Gasteiger partial charge in [-0.05, 0) is 57.3 Å². The van der Waals surface area contributed by atoms with E-state index in [0.29, 0.717) is 17.1 Å². The van der Waals surface area contributed by atoms with Crippen LogP contribution >= 0.6 is 0 Å². The van der Waals surface area contributed by atoms with Crippen LogP contribution in [0.15, 0.2) is 78.9 Å². The normalized spacial score (nSPS) is 11.3. The molecule has 5 aromatic rings. The van der Waals surface area contributed by atoms with Gasteiger partial charge in [0.05, 0.1) is 17.1 Å². The maximum Gasteiger partial charge on any atom is 0.0793 e. The molecule has 0 aromatic heterocycles. The van der Waals surface area contributed by atoms with Gasteiger partial charge < -0.3 is 22.5 Å². The number of nitrogen functional groups attached to an aromatic ring is 3. The van der Waals surface area contributed by atoms with Gasteiger partial charge in [0, 0.05) is 16.8 Å². The first-order valence-electron chi connectivity index (χ1n) is 9.17. The second-order valence-corrected chi connectivity index (χ2v) is 7.02. The van der Waals surface area contributed by atoms with Crippen LogP contribution in [0.25, 0.3) is 32.3 Å². The number of rotatable bonds is 2. The third-order valence-electron chi connectivity index (χ3n) is 5.28. The maximum absolute atomic E-state index is 6.45. The van der Waals surface area contributed by atoms with Crippen LogP contribution in [-0.4, -0.2) is 0 Å². The molecule has 0 aliphatic heterocycles. The predicted molar refractivity (Wildman–Crippen MR) is 122 cm³/mol. The molecule has 5 rings (SSSR count). The zero-order chi connectivity index (χ0) is 19.3. The average Bonchev–Trinajstić information content (AvgIpc) is 2.73. The molecule has 0 aliphatic carbocycles. The number of anilines is 5. The summed E-state index contributed by atoms with van der Waals surface area (Å²) in [5, 5.41) is 10.3. The predicted octanol–water partition coefficient (Wildman–Crippen LogP) is 5.64. The Bertz CT molecular complexity index is 1350. The molecule has 0 spiro atoms. The fourth-order valence-corrected chi connectivity index (χ4v) is 3.94. The molecule has 4 nitrogen and oxygen atoms in total. The van der Waals surface area contributed by atoms with Crippen molar-refractivity contribution in [2.45, 2.75) is 0 Å². The highest BCUT2D eigenvalue weighted by Crippen LogP contribution is 2.44. The molecule has 0 bridgehead atoms. The summed E-state index contributed by atoms with van der Waals surface area (Å²) in [5.41, 5.74) is 22.1. The lowest BCUT2D eigenvalue weighted by Gasteiger charge is -2.19. The van der Waals surface area contributed by atoms with Crippen LogP contribution < -0.4 is 22.5 Å². The van der Waals surface area contributed by atoms with Crippen LogP contribution in [0, 0.1) is 0 Å². The number of hydrogen-bond donors (Lipinski definition) is 4. The van der Waals surface area contributed by atoms with Crippen molar-refractivity contribution >= 4 is 60.8 Å². The summed E-state index contributed by atoms with van der Waals surface area (Å²) in [7, 11) is 0. The van der Waals surface area contributed by atoms with Crippen molar-refractivity contribution in [3.05, 3.63) is 78.9 Å². The molecule has 0 aliphatic rings. The van der Waals surface area contributed by atoms with Gasteiger partial charge in [-0.3, -0.25) is 0 Å². The molecule has 0 unspecified atom stereocenters. The highest BCUT2D eigenvalue weighted by Gasteiger charge is 2.16. The molecule has 0 fully saturated rings. The van der Waals surface area contributed by atoms with Gasteiger partial charge in [-0.25, -0.2) is 0 Å². The van der Waals surface area contributed by atoms with Gasteiger partial charge in [0.1, 0.15) is 0 Å². The van der Waals surface area contributed by atoms with Gasteiger partial charge in [0.2, 0.25) is 0 Å². The van der Waals surface area contributed by atoms with Crippen LogP contribution in [0.3, 0.4) is 0 Å². The van der Waals surface area contributed by atoms with Gasteiger partial charge in [0.15, 0.2) is 0 Å². The largest absolute Gasteiger partial charge is 0.399 e. The quantitative estimate of drug-likeness (QED) is 0.241. The van der Waals surface area contributed by atoms with E-state index in [0.717, 1.165) is 32.9 Å². The second kappa shape index (κ2) is 6.06. The highest BCUT2D eigenvalue weighted by atomic mass is 14.9. The maximum atomic E-state index is 6.45. The van der Waals surface area contributed by atoms with Gasteiger partial charge in [0.25, 0.3) is 0 Å². The summed E-state index contributed by atoms with van der Waals surface area (Å²) in [6, 6.07) is 26.4. The van der Waals surface area contributed by atoms with E-state index >= 15 is 0 Å². The van der Waals surface area contributed by atoms with E-state index < -0.39 is 0 Å². The van der Waals surface area contributed by atoms with E-state index in [4.69, 9.17) is 17.2 Å². The lowest BCUT2D eigenvalue weighted by molar-refractivity contribution is 1.57. The van der Waals surface area contributed by atoms with Crippen molar-refractivity contribution in [3.63, 3.8) is 0 Å². The zero-order valence-corrected chi connectivity index (χ0v) is 15.2. The molecule has 0 saturated heterocycles. The van der Waals surface area contributed by atoms with Crippen molar-refractivity contribution in [2.75, 3.05) is 22.5 Å². The Morgan fingerprint density at radius 1 is 0.571 bits per heavy atom. The van der Waals surface area contributed by atoms with E-state index in [2.05, 4.69) is 53.8 Å². The molecular formula is C24H20N4. The Morgan fingerprint density at radius 2 is 1.11 bits per heavy atom. The SMILES string of the molecule is Nc1ccc(Nc2c(N)c(N)cc3c4ccccc4c4ccccc4c23)cc1. The molecule has 4 heteroatoms. The van der Waals surface area contributed by atoms with Crippen LogP contribution in [0.2, 0.25) is 0 Å². The minimum absolute atomic E-state index is 0.546. The van der Waals surface area contributed by atoms with Crippen LogP contribution in [0.5, 0.6) is 0 Å². The third-order valence-corrected chi connectivity index (χ3v) is 5.28. The van der Waals surface area contributed by atoms with Gasteiger partial charge >= 0.3 is 0 Å². The standard InChI is InChI=1S/C24H20N4/c25-14-9-11-15(12-10-14)28-24-22-19-8-4-3-6-17(19)16-5-1-2-7-18(16)20(22)13-21(26)23(24)27/h1-13,28H,25-27H2. The van der Waals surface area contributed by atoms with Crippen molar-refractivity contribution in [2.24, 2.45) is 0 Å². The zero-order valence-electron chi connectivity index (χ0n) is 15.2. The number of hydrogen-bond acceptors (Lipinski definition) is 4.